The number of halogens is 1. The molecule has 1 fully saturated rings. The predicted octanol–water partition coefficient (Wildman–Crippen LogP) is 2.45. The molecule has 1 atom stereocenters. The highest BCUT2D eigenvalue weighted by molar-refractivity contribution is 9.10. The highest BCUT2D eigenvalue weighted by Gasteiger charge is 2.27. The Bertz CT molecular complexity index is 421. The molecule has 1 aliphatic carbocycles. The van der Waals surface area contributed by atoms with E-state index in [-0.39, 0.29) is 5.97 Å². The van der Waals surface area contributed by atoms with Gasteiger partial charge in [-0.1, -0.05) is 0 Å². The Balaban J connectivity index is 2.08. The van der Waals surface area contributed by atoms with E-state index in [2.05, 4.69) is 26.2 Å². The van der Waals surface area contributed by atoms with Crippen LogP contribution in [-0.2, 0) is 9.53 Å². The molecular formula is C13H17BrN2O2. The molecule has 0 aliphatic heterocycles. The molecular weight excluding hydrogens is 296 g/mol. The van der Waals surface area contributed by atoms with Gasteiger partial charge in [0.25, 0.3) is 0 Å². The molecule has 0 saturated heterocycles. The summed E-state index contributed by atoms with van der Waals surface area (Å²) in [5.41, 5.74) is 0.837. The van der Waals surface area contributed by atoms with E-state index in [1.54, 1.807) is 12.4 Å². The number of esters is 1. The molecule has 1 saturated carbocycles. The minimum Gasteiger partial charge on any atom is -0.465 e. The van der Waals surface area contributed by atoms with Crippen LogP contribution in [0.25, 0.3) is 0 Å². The fourth-order valence-corrected chi connectivity index (χ4v) is 2.14. The number of pyridine rings is 1. The molecule has 0 radical (unpaired) electrons. The second-order valence-electron chi connectivity index (χ2n) is 4.47. The van der Waals surface area contributed by atoms with Gasteiger partial charge in [-0.2, -0.15) is 0 Å². The first-order valence-electron chi connectivity index (χ1n) is 6.21. The van der Waals surface area contributed by atoms with Gasteiger partial charge >= 0.3 is 5.97 Å². The van der Waals surface area contributed by atoms with Crippen molar-refractivity contribution in [1.82, 2.24) is 10.3 Å². The van der Waals surface area contributed by atoms with Crippen molar-refractivity contribution in [2.45, 2.75) is 25.8 Å². The van der Waals surface area contributed by atoms with Crippen LogP contribution in [0.15, 0.2) is 22.9 Å². The van der Waals surface area contributed by atoms with Crippen molar-refractivity contribution in [3.8, 4) is 0 Å². The molecule has 1 aliphatic rings. The standard InChI is InChI=1S/C13H17BrN2O2/c1-2-18-13(17)12(16-6-9-3-4-9)10-5-11(14)8-15-7-10/h5,7-9,12,16H,2-4,6H2,1H3. The number of ether oxygens (including phenoxy) is 1. The third-order valence-corrected chi connectivity index (χ3v) is 3.32. The maximum absolute atomic E-state index is 12.0. The van der Waals surface area contributed by atoms with Gasteiger partial charge in [0, 0.05) is 16.9 Å². The summed E-state index contributed by atoms with van der Waals surface area (Å²) >= 11 is 3.37. The average molecular weight is 313 g/mol. The van der Waals surface area contributed by atoms with Crippen LogP contribution in [0.4, 0.5) is 0 Å². The molecule has 0 aromatic carbocycles. The van der Waals surface area contributed by atoms with E-state index in [1.807, 2.05) is 13.0 Å². The third kappa shape index (κ3) is 3.78. The summed E-state index contributed by atoms with van der Waals surface area (Å²) in [6.45, 7) is 3.06. The van der Waals surface area contributed by atoms with E-state index in [9.17, 15) is 4.79 Å². The minimum absolute atomic E-state index is 0.238. The summed E-state index contributed by atoms with van der Waals surface area (Å²) in [7, 11) is 0. The highest BCUT2D eigenvalue weighted by Crippen LogP contribution is 2.29. The van der Waals surface area contributed by atoms with Crippen LogP contribution in [-0.4, -0.2) is 24.1 Å². The van der Waals surface area contributed by atoms with E-state index in [0.29, 0.717) is 12.5 Å². The van der Waals surface area contributed by atoms with Gasteiger partial charge < -0.3 is 10.1 Å². The Morgan fingerprint density at radius 3 is 3.00 bits per heavy atom. The summed E-state index contributed by atoms with van der Waals surface area (Å²) in [5.74, 6) is 0.472. The van der Waals surface area contributed by atoms with Gasteiger partial charge in [-0.05, 0) is 59.8 Å². The molecule has 98 valence electrons. The number of carbonyl (C=O) groups excluding carboxylic acids is 1. The predicted molar refractivity (Wildman–Crippen MR) is 72.0 cm³/mol. The Labute approximate surface area is 115 Å². The van der Waals surface area contributed by atoms with E-state index in [4.69, 9.17) is 4.74 Å². The van der Waals surface area contributed by atoms with Crippen molar-refractivity contribution in [2.24, 2.45) is 5.92 Å². The number of carbonyl (C=O) groups is 1. The average Bonchev–Trinajstić information content (AvgIpc) is 3.14. The smallest absolute Gasteiger partial charge is 0.327 e. The number of nitrogens with zero attached hydrogens (tertiary/aromatic N) is 1. The Morgan fingerprint density at radius 1 is 1.61 bits per heavy atom. The molecule has 1 N–H and O–H groups in total. The first-order chi connectivity index (χ1) is 8.70. The Hall–Kier alpha value is -0.940. The summed E-state index contributed by atoms with van der Waals surface area (Å²) in [4.78, 5) is 16.1. The molecule has 1 aromatic rings. The molecule has 0 amide bonds. The van der Waals surface area contributed by atoms with E-state index < -0.39 is 6.04 Å². The first kappa shape index (κ1) is 13.5. The van der Waals surface area contributed by atoms with Crippen molar-refractivity contribution >= 4 is 21.9 Å². The zero-order valence-corrected chi connectivity index (χ0v) is 11.9. The van der Waals surface area contributed by atoms with Crippen LogP contribution in [0.3, 0.4) is 0 Å². The summed E-state index contributed by atoms with van der Waals surface area (Å²) < 4.78 is 5.97. The zero-order chi connectivity index (χ0) is 13.0. The first-order valence-corrected chi connectivity index (χ1v) is 7.00. The lowest BCUT2D eigenvalue weighted by Crippen LogP contribution is -2.31. The highest BCUT2D eigenvalue weighted by atomic mass is 79.9. The monoisotopic (exact) mass is 312 g/mol. The third-order valence-electron chi connectivity index (χ3n) is 2.89. The Kier molecular flexibility index (Phi) is 4.72. The van der Waals surface area contributed by atoms with Crippen molar-refractivity contribution in [3.05, 3.63) is 28.5 Å². The van der Waals surface area contributed by atoms with Crippen LogP contribution in [0.1, 0.15) is 31.4 Å². The summed E-state index contributed by atoms with van der Waals surface area (Å²) in [5, 5.41) is 3.27. The largest absolute Gasteiger partial charge is 0.465 e. The molecule has 4 nitrogen and oxygen atoms in total. The summed E-state index contributed by atoms with van der Waals surface area (Å²) in [6, 6.07) is 1.48. The second kappa shape index (κ2) is 6.29. The van der Waals surface area contributed by atoms with Crippen molar-refractivity contribution in [3.63, 3.8) is 0 Å². The summed E-state index contributed by atoms with van der Waals surface area (Å²) in [6.07, 6.45) is 5.90. The lowest BCUT2D eigenvalue weighted by atomic mass is 10.1. The number of hydrogen-bond donors (Lipinski definition) is 1. The van der Waals surface area contributed by atoms with E-state index in [1.165, 1.54) is 12.8 Å². The maximum atomic E-state index is 12.0. The van der Waals surface area contributed by atoms with Crippen LogP contribution in [0, 0.1) is 5.92 Å². The molecule has 2 rings (SSSR count). The number of rotatable bonds is 6. The molecule has 18 heavy (non-hydrogen) atoms. The normalized spacial score (nSPS) is 16.3. The number of hydrogen-bond acceptors (Lipinski definition) is 4. The molecule has 0 bridgehead atoms. The van der Waals surface area contributed by atoms with Crippen molar-refractivity contribution in [2.75, 3.05) is 13.2 Å². The zero-order valence-electron chi connectivity index (χ0n) is 10.4. The lowest BCUT2D eigenvalue weighted by molar-refractivity contribution is -0.145. The fourth-order valence-electron chi connectivity index (χ4n) is 1.76. The lowest BCUT2D eigenvalue weighted by Gasteiger charge is -2.17. The van der Waals surface area contributed by atoms with Crippen molar-refractivity contribution in [1.29, 1.82) is 0 Å². The Morgan fingerprint density at radius 2 is 2.39 bits per heavy atom. The quantitative estimate of drug-likeness (QED) is 0.820. The molecule has 1 unspecified atom stereocenters. The minimum atomic E-state index is -0.421. The van der Waals surface area contributed by atoms with Gasteiger partial charge in [-0.3, -0.25) is 4.98 Å². The van der Waals surface area contributed by atoms with Gasteiger partial charge in [0.05, 0.1) is 6.61 Å². The SMILES string of the molecule is CCOC(=O)C(NCC1CC1)c1cncc(Br)c1. The topological polar surface area (TPSA) is 51.2 Å². The van der Waals surface area contributed by atoms with Crippen LogP contribution in [0.5, 0.6) is 0 Å². The second-order valence-corrected chi connectivity index (χ2v) is 5.39. The molecule has 1 heterocycles. The van der Waals surface area contributed by atoms with Crippen molar-refractivity contribution < 1.29 is 9.53 Å². The van der Waals surface area contributed by atoms with Crippen LogP contribution < -0.4 is 5.32 Å². The molecule has 0 spiro atoms. The van der Waals surface area contributed by atoms with Gasteiger partial charge in [-0.15, -0.1) is 0 Å². The van der Waals surface area contributed by atoms with Crippen LogP contribution >= 0.6 is 15.9 Å². The van der Waals surface area contributed by atoms with E-state index in [0.717, 1.165) is 16.6 Å². The van der Waals surface area contributed by atoms with Gasteiger partial charge in [0.2, 0.25) is 0 Å². The number of nitrogens with one attached hydrogen (secondary N) is 1. The fraction of sp³-hybridized carbons (Fsp3) is 0.538. The van der Waals surface area contributed by atoms with Crippen LogP contribution in [0.2, 0.25) is 0 Å². The van der Waals surface area contributed by atoms with Gasteiger partial charge in [-0.25, -0.2) is 4.79 Å². The maximum Gasteiger partial charge on any atom is 0.327 e. The van der Waals surface area contributed by atoms with Gasteiger partial charge in [0.1, 0.15) is 6.04 Å². The molecule has 5 heteroatoms. The number of aromatic nitrogens is 1. The van der Waals surface area contributed by atoms with Gasteiger partial charge in [0.15, 0.2) is 0 Å². The molecule has 1 aromatic heterocycles. The van der Waals surface area contributed by atoms with E-state index >= 15 is 0 Å².